The van der Waals surface area contributed by atoms with Gasteiger partial charge in [0.25, 0.3) is 5.91 Å². The zero-order chi connectivity index (χ0) is 23.9. The maximum atomic E-state index is 12.6. The Balaban J connectivity index is 1.27. The molecule has 1 saturated carbocycles. The number of aromatic nitrogens is 1. The Morgan fingerprint density at radius 2 is 1.94 bits per heavy atom. The van der Waals surface area contributed by atoms with E-state index in [1.807, 2.05) is 0 Å². The molecule has 2 amide bonds. The molecule has 2 atom stereocenters. The molecule has 0 spiro atoms. The van der Waals surface area contributed by atoms with Crippen LogP contribution in [0.5, 0.6) is 11.5 Å². The lowest BCUT2D eigenvalue weighted by Crippen LogP contribution is -2.42. The van der Waals surface area contributed by atoms with E-state index in [1.165, 1.54) is 12.6 Å². The smallest absolute Gasteiger partial charge is 0.341 e. The quantitative estimate of drug-likeness (QED) is 0.432. The third-order valence-electron chi connectivity index (χ3n) is 5.78. The summed E-state index contributed by atoms with van der Waals surface area (Å²) in [5, 5.41) is 6.10. The van der Waals surface area contributed by atoms with E-state index in [2.05, 4.69) is 22.5 Å². The van der Waals surface area contributed by atoms with Crippen LogP contribution in [0, 0.1) is 5.92 Å². The van der Waals surface area contributed by atoms with Gasteiger partial charge in [0.05, 0.1) is 11.3 Å². The SMILES string of the molecule is CC1CCCCC1NC(=O)COC(=O)c1cccnc1SCC(=O)Nc1ccc2c(c1)OCO2. The number of nitrogens with zero attached hydrogens (tertiary/aromatic N) is 1. The van der Waals surface area contributed by atoms with Crippen LogP contribution in [0.25, 0.3) is 0 Å². The van der Waals surface area contributed by atoms with Crippen LogP contribution in [0.3, 0.4) is 0 Å². The Bertz CT molecular complexity index is 1060. The van der Waals surface area contributed by atoms with Gasteiger partial charge in [-0.3, -0.25) is 9.59 Å². The Hall–Kier alpha value is -3.27. The summed E-state index contributed by atoms with van der Waals surface area (Å²) in [6.45, 7) is 1.92. The fourth-order valence-corrected chi connectivity index (χ4v) is 4.74. The number of fused-ring (bicyclic) bond motifs is 1. The lowest BCUT2D eigenvalue weighted by Gasteiger charge is -2.29. The van der Waals surface area contributed by atoms with Crippen LogP contribution in [-0.2, 0) is 14.3 Å². The number of amides is 2. The van der Waals surface area contributed by atoms with Crippen LogP contribution in [0.15, 0.2) is 41.6 Å². The van der Waals surface area contributed by atoms with E-state index in [1.54, 1.807) is 30.3 Å². The van der Waals surface area contributed by atoms with Gasteiger partial charge in [0.1, 0.15) is 5.03 Å². The highest BCUT2D eigenvalue weighted by atomic mass is 32.2. The Morgan fingerprint density at radius 1 is 1.12 bits per heavy atom. The number of rotatable bonds is 8. The fraction of sp³-hybridized carbons (Fsp3) is 0.417. The van der Waals surface area contributed by atoms with Crippen molar-refractivity contribution in [3.05, 3.63) is 42.1 Å². The van der Waals surface area contributed by atoms with Crippen LogP contribution in [-0.4, -0.2) is 48.0 Å². The van der Waals surface area contributed by atoms with Crippen LogP contribution in [0.2, 0.25) is 0 Å². The maximum absolute atomic E-state index is 12.6. The lowest BCUT2D eigenvalue weighted by molar-refractivity contribution is -0.125. The number of benzene rings is 1. The average molecular weight is 486 g/mol. The molecule has 1 aliphatic carbocycles. The van der Waals surface area contributed by atoms with Crippen molar-refractivity contribution < 1.29 is 28.6 Å². The second-order valence-corrected chi connectivity index (χ2v) is 9.24. The fourth-order valence-electron chi connectivity index (χ4n) is 3.95. The highest BCUT2D eigenvalue weighted by Crippen LogP contribution is 2.34. The van der Waals surface area contributed by atoms with Crippen molar-refractivity contribution in [2.75, 3.05) is 24.5 Å². The zero-order valence-corrected chi connectivity index (χ0v) is 19.7. The summed E-state index contributed by atoms with van der Waals surface area (Å²) in [5.41, 5.74) is 0.788. The zero-order valence-electron chi connectivity index (χ0n) is 18.9. The van der Waals surface area contributed by atoms with E-state index < -0.39 is 5.97 Å². The summed E-state index contributed by atoms with van der Waals surface area (Å²) >= 11 is 1.11. The number of nitrogens with one attached hydrogen (secondary N) is 2. The summed E-state index contributed by atoms with van der Waals surface area (Å²) in [5.74, 6) is 0.416. The first-order valence-electron chi connectivity index (χ1n) is 11.2. The summed E-state index contributed by atoms with van der Waals surface area (Å²) in [6, 6.07) is 8.42. The van der Waals surface area contributed by atoms with Crippen molar-refractivity contribution >= 4 is 35.2 Å². The van der Waals surface area contributed by atoms with Crippen molar-refractivity contribution in [1.82, 2.24) is 10.3 Å². The molecule has 9 nitrogen and oxygen atoms in total. The third kappa shape index (κ3) is 6.19. The standard InChI is InChI=1S/C24H27N3O6S/c1-15-5-2-3-7-18(15)27-21(28)12-31-24(30)17-6-4-10-25-23(17)34-13-22(29)26-16-8-9-19-20(11-16)33-14-32-19/h4,6,8-11,15,18H,2-3,5,7,12-14H2,1H3,(H,26,29)(H,27,28). The molecule has 0 bridgehead atoms. The van der Waals surface area contributed by atoms with E-state index in [0.29, 0.717) is 28.1 Å². The lowest BCUT2D eigenvalue weighted by atomic mass is 9.86. The monoisotopic (exact) mass is 485 g/mol. The number of hydrogen-bond acceptors (Lipinski definition) is 8. The molecule has 2 aliphatic rings. The van der Waals surface area contributed by atoms with Crippen LogP contribution in [0.1, 0.15) is 43.0 Å². The molecule has 2 unspecified atom stereocenters. The molecule has 0 radical (unpaired) electrons. The molecule has 34 heavy (non-hydrogen) atoms. The Morgan fingerprint density at radius 3 is 2.79 bits per heavy atom. The van der Waals surface area contributed by atoms with Gasteiger partial charge in [0.15, 0.2) is 18.1 Å². The highest BCUT2D eigenvalue weighted by Gasteiger charge is 2.24. The van der Waals surface area contributed by atoms with Gasteiger partial charge in [0, 0.05) is 24.0 Å². The van der Waals surface area contributed by atoms with E-state index >= 15 is 0 Å². The number of ether oxygens (including phenoxy) is 3. The summed E-state index contributed by atoms with van der Waals surface area (Å²) in [4.78, 5) is 41.4. The summed E-state index contributed by atoms with van der Waals surface area (Å²) in [7, 11) is 0. The molecule has 1 fully saturated rings. The van der Waals surface area contributed by atoms with Crippen molar-refractivity contribution in [2.45, 2.75) is 43.7 Å². The minimum Gasteiger partial charge on any atom is -0.454 e. The molecular weight excluding hydrogens is 458 g/mol. The molecule has 10 heteroatoms. The predicted octanol–water partition coefficient (Wildman–Crippen LogP) is 3.39. The van der Waals surface area contributed by atoms with Crippen molar-refractivity contribution in [3.8, 4) is 11.5 Å². The molecule has 2 N–H and O–H groups in total. The summed E-state index contributed by atoms with van der Waals surface area (Å²) < 4.78 is 15.8. The highest BCUT2D eigenvalue weighted by molar-refractivity contribution is 8.00. The van der Waals surface area contributed by atoms with E-state index in [0.717, 1.165) is 31.0 Å². The van der Waals surface area contributed by atoms with Gasteiger partial charge < -0.3 is 24.8 Å². The molecule has 1 aromatic heterocycles. The number of pyridine rings is 1. The third-order valence-corrected chi connectivity index (χ3v) is 6.78. The predicted molar refractivity (Wildman–Crippen MR) is 126 cm³/mol. The van der Waals surface area contributed by atoms with Crippen LogP contribution in [0.4, 0.5) is 5.69 Å². The van der Waals surface area contributed by atoms with Gasteiger partial charge in [-0.1, -0.05) is 31.5 Å². The van der Waals surface area contributed by atoms with Gasteiger partial charge in [-0.2, -0.15) is 0 Å². The van der Waals surface area contributed by atoms with Gasteiger partial charge in [-0.25, -0.2) is 9.78 Å². The topological polar surface area (TPSA) is 116 Å². The van der Waals surface area contributed by atoms with Crippen LogP contribution < -0.4 is 20.1 Å². The van der Waals surface area contributed by atoms with Crippen molar-refractivity contribution in [1.29, 1.82) is 0 Å². The minimum absolute atomic E-state index is 0.0335. The van der Waals surface area contributed by atoms with E-state index in [4.69, 9.17) is 14.2 Å². The number of anilines is 1. The first-order valence-corrected chi connectivity index (χ1v) is 12.2. The normalized spacial score (nSPS) is 18.7. The second kappa shape index (κ2) is 11.2. The molecule has 180 valence electrons. The largest absolute Gasteiger partial charge is 0.454 e. The van der Waals surface area contributed by atoms with E-state index in [-0.39, 0.29) is 42.6 Å². The van der Waals surface area contributed by atoms with Gasteiger partial charge in [-0.05, 0) is 43.0 Å². The number of carbonyl (C=O) groups is 3. The van der Waals surface area contributed by atoms with Gasteiger partial charge in [-0.15, -0.1) is 0 Å². The second-order valence-electron chi connectivity index (χ2n) is 8.27. The van der Waals surface area contributed by atoms with Crippen LogP contribution >= 0.6 is 11.8 Å². The molecule has 2 aromatic rings. The maximum Gasteiger partial charge on any atom is 0.341 e. The molecule has 1 aliphatic heterocycles. The number of esters is 1. The molecule has 2 heterocycles. The Kier molecular flexibility index (Phi) is 7.89. The molecule has 1 aromatic carbocycles. The Labute approximate surface area is 201 Å². The molecular formula is C24H27N3O6S. The number of carbonyl (C=O) groups excluding carboxylic acids is 3. The first-order chi connectivity index (χ1) is 16.5. The number of thioether (sulfide) groups is 1. The minimum atomic E-state index is -0.654. The van der Waals surface area contributed by atoms with Gasteiger partial charge >= 0.3 is 5.97 Å². The molecule has 0 saturated heterocycles. The average Bonchev–Trinajstić information content (AvgIpc) is 3.31. The van der Waals surface area contributed by atoms with Crippen molar-refractivity contribution in [2.24, 2.45) is 5.92 Å². The first kappa shape index (κ1) is 23.9. The number of hydrogen-bond donors (Lipinski definition) is 2. The van der Waals surface area contributed by atoms with E-state index in [9.17, 15) is 14.4 Å². The van der Waals surface area contributed by atoms with Crippen molar-refractivity contribution in [3.63, 3.8) is 0 Å². The summed E-state index contributed by atoms with van der Waals surface area (Å²) in [6.07, 6.45) is 5.83. The van der Waals surface area contributed by atoms with Gasteiger partial charge in [0.2, 0.25) is 12.7 Å². The molecule has 4 rings (SSSR count).